The van der Waals surface area contributed by atoms with Crippen LogP contribution in [0.1, 0.15) is 72.1 Å². The Bertz CT molecular complexity index is 1560. The molecule has 0 aliphatic rings. The van der Waals surface area contributed by atoms with Crippen LogP contribution in [0.2, 0.25) is 41.5 Å². The first-order chi connectivity index (χ1) is 21.3. The highest BCUT2D eigenvalue weighted by atomic mass is 35.5. The number of carbonyl (C=O) groups excluding carboxylic acids is 1. The number of carbonyl (C=O) groups is 2. The Morgan fingerprint density at radius 3 is 2.15 bits per heavy atom. The van der Waals surface area contributed by atoms with Crippen molar-refractivity contribution in [2.24, 2.45) is 0 Å². The minimum absolute atomic E-state index is 0.0399. The van der Waals surface area contributed by atoms with E-state index >= 15 is 0 Å². The van der Waals surface area contributed by atoms with Gasteiger partial charge in [-0.15, -0.1) is 22.7 Å². The molecule has 0 saturated carbocycles. The summed E-state index contributed by atoms with van der Waals surface area (Å²) in [6, 6.07) is 3.27. The molecule has 0 aliphatic carbocycles. The van der Waals surface area contributed by atoms with Crippen LogP contribution in [0.25, 0.3) is 10.2 Å². The number of aromatic nitrogens is 2. The lowest BCUT2D eigenvalue weighted by molar-refractivity contribution is 0.0485. The fraction of sp³-hybridized carbons (Fsp3) is 0.625. The smallest absolute Gasteiger partial charge is 0.413 e. The first-order valence-corrected chi connectivity index (χ1v) is 23.5. The number of anilines is 1. The molecule has 0 unspecified atom stereocenters. The third-order valence-electron chi connectivity index (χ3n) is 8.66. The van der Waals surface area contributed by atoms with E-state index in [9.17, 15) is 14.7 Å². The number of ether oxygens (including phenoxy) is 1. The van der Waals surface area contributed by atoms with Crippen LogP contribution < -0.4 is 14.6 Å². The van der Waals surface area contributed by atoms with E-state index in [0.717, 1.165) is 9.75 Å². The molecule has 3 aromatic rings. The molecular formula is C32H51ClN4O6S2Si2. The van der Waals surface area contributed by atoms with E-state index in [-0.39, 0.29) is 34.3 Å². The summed E-state index contributed by atoms with van der Waals surface area (Å²) in [4.78, 5) is 37.6. The van der Waals surface area contributed by atoms with Gasteiger partial charge in [-0.05, 0) is 80.1 Å². The number of halogens is 1. The van der Waals surface area contributed by atoms with Crippen LogP contribution in [-0.2, 0) is 22.1 Å². The van der Waals surface area contributed by atoms with Crippen molar-refractivity contribution in [3.8, 4) is 5.75 Å². The molecule has 3 aromatic heterocycles. The molecule has 262 valence electrons. The Labute approximate surface area is 294 Å². The second kappa shape index (κ2) is 14.3. The molecule has 0 aromatic carbocycles. The second-order valence-corrected chi connectivity index (χ2v) is 27.8. The summed E-state index contributed by atoms with van der Waals surface area (Å²) in [7, 11) is -4.63. The van der Waals surface area contributed by atoms with E-state index < -0.39 is 40.5 Å². The number of alkyl carbamates (subject to hydrolysis) is 1. The number of hydrogen-bond acceptors (Lipinski definition) is 9. The van der Waals surface area contributed by atoms with Crippen molar-refractivity contribution in [3.05, 3.63) is 32.6 Å². The zero-order valence-electron chi connectivity index (χ0n) is 30.0. The van der Waals surface area contributed by atoms with E-state index in [1.54, 1.807) is 0 Å². The van der Waals surface area contributed by atoms with E-state index in [2.05, 4.69) is 83.0 Å². The van der Waals surface area contributed by atoms with Crippen molar-refractivity contribution in [2.75, 3.05) is 11.5 Å². The summed E-state index contributed by atoms with van der Waals surface area (Å²) >= 11 is 9.32. The molecule has 1 atom stereocenters. The maximum absolute atomic E-state index is 13.1. The molecule has 15 heteroatoms. The first-order valence-electron chi connectivity index (χ1n) is 15.7. The first kappa shape index (κ1) is 39.2. The molecule has 0 fully saturated rings. The van der Waals surface area contributed by atoms with Gasteiger partial charge < -0.3 is 24.0 Å². The molecule has 2 amide bonds. The minimum atomic E-state index is -2.44. The fourth-order valence-electron chi connectivity index (χ4n) is 3.96. The van der Waals surface area contributed by atoms with Crippen LogP contribution in [0.5, 0.6) is 5.75 Å². The Morgan fingerprint density at radius 2 is 1.64 bits per heavy atom. The summed E-state index contributed by atoms with van der Waals surface area (Å²) in [5.41, 5.74) is -0.240. The van der Waals surface area contributed by atoms with E-state index in [1.807, 2.05) is 38.3 Å². The number of nitrogens with one attached hydrogen (secondary N) is 1. The van der Waals surface area contributed by atoms with Crippen molar-refractivity contribution in [1.29, 1.82) is 0 Å². The van der Waals surface area contributed by atoms with Crippen LogP contribution in [-0.4, -0.2) is 62.1 Å². The van der Waals surface area contributed by atoms with E-state index in [0.29, 0.717) is 22.4 Å². The van der Waals surface area contributed by atoms with Gasteiger partial charge in [0.05, 0.1) is 24.1 Å². The van der Waals surface area contributed by atoms with Gasteiger partial charge in [0.2, 0.25) is 5.28 Å². The second-order valence-electron chi connectivity index (χ2n) is 15.8. The predicted molar refractivity (Wildman–Crippen MR) is 199 cm³/mol. The standard InChI is InChI=1S/C32H51ClN4O6S2Si2/c1-30(2,3)42-28(38)34-20(19-41-46(10,11)31(4,5)6)17-22-24(43-47(12,13)32(7,8)9)23-25(45-22)26(36-27(33)35-23)37(29(39)40)18-21-15-14-16-44-21/h14-16,20H,17-19H2,1-13H3,(H,34,38)(H,39,40)/t20-/m1/s1. The van der Waals surface area contributed by atoms with Gasteiger partial charge in [-0.25, -0.2) is 14.6 Å². The molecule has 0 saturated heterocycles. The molecule has 10 nitrogen and oxygen atoms in total. The lowest BCUT2D eigenvalue weighted by atomic mass is 10.1. The predicted octanol–water partition coefficient (Wildman–Crippen LogP) is 9.93. The number of nitrogens with zero attached hydrogens (tertiary/aromatic N) is 3. The maximum Gasteiger partial charge on any atom is 0.413 e. The van der Waals surface area contributed by atoms with Crippen LogP contribution in [0.15, 0.2) is 17.5 Å². The van der Waals surface area contributed by atoms with Crippen LogP contribution in [0.3, 0.4) is 0 Å². The van der Waals surface area contributed by atoms with Crippen molar-refractivity contribution in [3.63, 3.8) is 0 Å². The highest BCUT2D eigenvalue weighted by Gasteiger charge is 2.42. The van der Waals surface area contributed by atoms with Gasteiger partial charge in [-0.1, -0.05) is 47.6 Å². The third kappa shape index (κ3) is 10.1. The van der Waals surface area contributed by atoms with E-state index in [4.69, 9.17) is 25.2 Å². The molecule has 47 heavy (non-hydrogen) atoms. The summed E-state index contributed by atoms with van der Waals surface area (Å²) in [6.07, 6.45) is -1.39. The Morgan fingerprint density at radius 1 is 1.02 bits per heavy atom. The monoisotopic (exact) mass is 742 g/mol. The number of thiophene rings is 2. The summed E-state index contributed by atoms with van der Waals surface area (Å²) in [5.74, 6) is 0.721. The molecule has 0 aliphatic heterocycles. The van der Waals surface area contributed by atoms with Crippen molar-refractivity contribution in [2.45, 2.75) is 123 Å². The number of fused-ring (bicyclic) bond motifs is 1. The van der Waals surface area contributed by atoms with Crippen molar-refractivity contribution in [1.82, 2.24) is 15.3 Å². The molecule has 0 bridgehead atoms. The Hall–Kier alpha value is -2.24. The number of hydrogen-bond donors (Lipinski definition) is 2. The molecule has 3 rings (SSSR count). The zero-order valence-corrected chi connectivity index (χ0v) is 34.3. The molecular weight excluding hydrogens is 692 g/mol. The lowest BCUT2D eigenvalue weighted by Gasteiger charge is -2.38. The molecule has 2 N–H and O–H groups in total. The van der Waals surface area contributed by atoms with Gasteiger partial charge in [0, 0.05) is 11.3 Å². The van der Waals surface area contributed by atoms with Gasteiger partial charge >= 0.3 is 12.2 Å². The van der Waals surface area contributed by atoms with Gasteiger partial charge in [-0.2, -0.15) is 4.98 Å². The molecule has 0 radical (unpaired) electrons. The summed E-state index contributed by atoms with van der Waals surface area (Å²) in [5, 5.41) is 15.0. The highest BCUT2D eigenvalue weighted by molar-refractivity contribution is 7.20. The largest absolute Gasteiger partial charge is 0.541 e. The van der Waals surface area contributed by atoms with Crippen molar-refractivity contribution >= 4 is 79.1 Å². The molecule has 0 spiro atoms. The topological polar surface area (TPSA) is 123 Å². The highest BCUT2D eigenvalue weighted by Crippen LogP contribution is 2.47. The number of amides is 2. The third-order valence-corrected chi connectivity index (χ3v) is 19.7. The van der Waals surface area contributed by atoms with Gasteiger partial charge in [0.1, 0.15) is 21.6 Å². The SMILES string of the molecule is CC(C)(C)OC(=O)N[C@@H](CO[Si](C)(C)C(C)(C)C)Cc1sc2c(N(Cc3cccs3)C(=O)O)nc(Cl)nc2c1O[Si](C)(C)C(C)(C)C. The van der Waals surface area contributed by atoms with Crippen LogP contribution >= 0.6 is 34.3 Å². The fourth-order valence-corrected chi connectivity index (χ4v) is 8.22. The van der Waals surface area contributed by atoms with Crippen LogP contribution in [0, 0.1) is 0 Å². The van der Waals surface area contributed by atoms with Gasteiger partial charge in [0.15, 0.2) is 14.1 Å². The number of rotatable bonds is 11. The van der Waals surface area contributed by atoms with Crippen molar-refractivity contribution < 1.29 is 28.3 Å². The Kier molecular flexibility index (Phi) is 11.9. The average Bonchev–Trinajstić information content (AvgIpc) is 3.51. The maximum atomic E-state index is 13.1. The average molecular weight is 744 g/mol. The normalized spacial score (nSPS) is 13.8. The number of carboxylic acid groups (broad SMARTS) is 1. The van der Waals surface area contributed by atoms with E-state index in [1.165, 1.54) is 27.6 Å². The zero-order chi connectivity index (χ0) is 35.8. The quantitative estimate of drug-likeness (QED) is 0.147. The molecule has 3 heterocycles. The lowest BCUT2D eigenvalue weighted by Crippen LogP contribution is -2.48. The van der Waals surface area contributed by atoms with Gasteiger partial charge in [-0.3, -0.25) is 4.90 Å². The summed E-state index contributed by atoms with van der Waals surface area (Å²) < 4.78 is 19.7. The van der Waals surface area contributed by atoms with Gasteiger partial charge in [0.25, 0.3) is 8.32 Å². The summed E-state index contributed by atoms with van der Waals surface area (Å²) in [6.45, 7) is 27.4. The minimum Gasteiger partial charge on any atom is -0.541 e. The van der Waals surface area contributed by atoms with Crippen LogP contribution in [0.4, 0.5) is 15.4 Å². The Balaban J connectivity index is 2.21.